The first-order valence-electron chi connectivity index (χ1n) is 10.8. The Balaban J connectivity index is 1.91. The molecule has 1 unspecified atom stereocenters. The number of thiophene rings is 2. The van der Waals surface area contributed by atoms with E-state index < -0.39 is 23.5 Å². The van der Waals surface area contributed by atoms with Gasteiger partial charge in [-0.1, -0.05) is 30.3 Å². The molecule has 6 nitrogen and oxygen atoms in total. The van der Waals surface area contributed by atoms with E-state index in [0.717, 1.165) is 19.6 Å². The summed E-state index contributed by atoms with van der Waals surface area (Å²) in [4.78, 5) is 45.5. The summed E-state index contributed by atoms with van der Waals surface area (Å²) in [6, 6.07) is 12.3. The second kappa shape index (κ2) is 12.3. The number of carbonyl (C=O) groups is 3. The van der Waals surface area contributed by atoms with Gasteiger partial charge in [0.25, 0.3) is 5.91 Å². The molecule has 1 aromatic carbocycles. The number of nitrogens with zero attached hydrogens (tertiary/aromatic N) is 1. The normalized spacial score (nSPS) is 12.1. The van der Waals surface area contributed by atoms with Crippen molar-refractivity contribution < 1.29 is 24.0 Å². The zero-order valence-electron chi connectivity index (χ0n) is 19.5. The molecule has 0 aliphatic rings. The summed E-state index contributed by atoms with van der Waals surface area (Å²) < 4.78 is 6.97. The minimum Gasteiger partial charge on any atom is -0.460 e. The fourth-order valence-electron chi connectivity index (χ4n) is 3.24. The van der Waals surface area contributed by atoms with Crippen LogP contribution in [-0.4, -0.2) is 34.6 Å². The first-order valence-corrected chi connectivity index (χ1v) is 14.2. The molecule has 2 heterocycles. The molecule has 0 N–H and O–H groups in total. The van der Waals surface area contributed by atoms with Gasteiger partial charge in [-0.2, -0.15) is 5.06 Å². The molecule has 0 bridgehead atoms. The maximum Gasteiger partial charge on any atom is 0.373 e. The van der Waals surface area contributed by atoms with Gasteiger partial charge in [0, 0.05) is 26.1 Å². The molecule has 0 aliphatic carbocycles. The van der Waals surface area contributed by atoms with Crippen molar-refractivity contribution in [2.75, 3.05) is 0 Å². The summed E-state index contributed by atoms with van der Waals surface area (Å²) in [7, 11) is 0. The predicted octanol–water partition coefficient (Wildman–Crippen LogP) is 7.28. The van der Waals surface area contributed by atoms with E-state index in [9.17, 15) is 14.4 Å². The summed E-state index contributed by atoms with van der Waals surface area (Å²) in [5, 5.41) is 4.67. The number of halogens is 2. The Morgan fingerprint density at radius 3 is 2.11 bits per heavy atom. The van der Waals surface area contributed by atoms with E-state index in [2.05, 4.69) is 31.9 Å². The molecular weight excluding hydrogens is 618 g/mol. The Morgan fingerprint density at radius 1 is 0.971 bits per heavy atom. The van der Waals surface area contributed by atoms with Gasteiger partial charge < -0.3 is 9.57 Å². The van der Waals surface area contributed by atoms with Crippen molar-refractivity contribution in [3.05, 3.63) is 77.5 Å². The van der Waals surface area contributed by atoms with E-state index in [0.29, 0.717) is 16.2 Å². The Bertz CT molecular complexity index is 1170. The number of rotatable bonds is 8. The number of ether oxygens (including phenoxy) is 1. The lowest BCUT2D eigenvalue weighted by Gasteiger charge is -2.30. The molecule has 3 aromatic rings. The summed E-state index contributed by atoms with van der Waals surface area (Å²) in [6.07, 6.45) is 0.710. The Hall–Kier alpha value is -2.01. The van der Waals surface area contributed by atoms with Crippen LogP contribution >= 0.6 is 54.5 Å². The van der Waals surface area contributed by atoms with E-state index in [1.807, 2.05) is 30.3 Å². The van der Waals surface area contributed by atoms with Gasteiger partial charge in [0.15, 0.2) is 0 Å². The highest BCUT2D eigenvalue weighted by Gasteiger charge is 2.32. The topological polar surface area (TPSA) is 72.9 Å². The van der Waals surface area contributed by atoms with Gasteiger partial charge in [-0.25, -0.2) is 4.79 Å². The lowest BCUT2D eigenvalue weighted by Crippen LogP contribution is -2.43. The number of hydrogen-bond donors (Lipinski definition) is 0. The Morgan fingerprint density at radius 2 is 1.57 bits per heavy atom. The van der Waals surface area contributed by atoms with Gasteiger partial charge in [-0.15, -0.1) is 22.7 Å². The molecule has 35 heavy (non-hydrogen) atoms. The van der Waals surface area contributed by atoms with Crippen LogP contribution < -0.4 is 0 Å². The van der Waals surface area contributed by atoms with E-state index in [-0.39, 0.29) is 18.8 Å². The number of hydrogen-bond acceptors (Lipinski definition) is 7. The summed E-state index contributed by atoms with van der Waals surface area (Å²) in [5.74, 6) is -1.47. The molecule has 186 valence electrons. The van der Waals surface area contributed by atoms with Crippen LogP contribution in [0, 0.1) is 0 Å². The van der Waals surface area contributed by atoms with Gasteiger partial charge in [0.05, 0.1) is 10.9 Å². The average Bonchev–Trinajstić information content (AvgIpc) is 3.42. The molecule has 0 saturated carbocycles. The van der Waals surface area contributed by atoms with Crippen LogP contribution in [0.3, 0.4) is 0 Å². The highest BCUT2D eigenvalue weighted by molar-refractivity contribution is 9.10. The van der Waals surface area contributed by atoms with Crippen molar-refractivity contribution >= 4 is 72.4 Å². The SMILES string of the molecule is CC(C)(C)OC(=O)CCC(Cc1ccccc1)N(OC(=O)c1cc(Br)cs1)C(=O)c1cc(Br)cs1. The monoisotopic (exact) mass is 641 g/mol. The first kappa shape index (κ1) is 27.6. The van der Waals surface area contributed by atoms with Crippen molar-refractivity contribution in [3.63, 3.8) is 0 Å². The van der Waals surface area contributed by atoms with Crippen LogP contribution in [0.4, 0.5) is 0 Å². The van der Waals surface area contributed by atoms with Crippen molar-refractivity contribution in [2.24, 2.45) is 0 Å². The minimum atomic E-state index is -0.639. The van der Waals surface area contributed by atoms with E-state index in [1.54, 1.807) is 43.7 Å². The van der Waals surface area contributed by atoms with Gasteiger partial charge in [-0.05, 0) is 83.2 Å². The van der Waals surface area contributed by atoms with Crippen molar-refractivity contribution in [3.8, 4) is 0 Å². The van der Waals surface area contributed by atoms with E-state index in [4.69, 9.17) is 9.57 Å². The molecule has 1 amide bonds. The van der Waals surface area contributed by atoms with Crippen LogP contribution in [0.2, 0.25) is 0 Å². The Kier molecular flexibility index (Phi) is 9.69. The number of carbonyl (C=O) groups excluding carboxylic acids is 3. The molecule has 0 aliphatic heterocycles. The van der Waals surface area contributed by atoms with Crippen LogP contribution in [-0.2, 0) is 20.8 Å². The van der Waals surface area contributed by atoms with Crippen molar-refractivity contribution in [1.29, 1.82) is 0 Å². The molecular formula is C25H25Br2NO5S2. The number of hydroxylamine groups is 2. The van der Waals surface area contributed by atoms with Gasteiger partial charge in [-0.3, -0.25) is 9.59 Å². The van der Waals surface area contributed by atoms with Crippen LogP contribution in [0.25, 0.3) is 0 Å². The summed E-state index contributed by atoms with van der Waals surface area (Å²) >= 11 is 9.17. The van der Waals surface area contributed by atoms with Crippen molar-refractivity contribution in [1.82, 2.24) is 5.06 Å². The lowest BCUT2D eigenvalue weighted by molar-refractivity contribution is -0.156. The number of amides is 1. The molecule has 2 aromatic heterocycles. The molecule has 0 radical (unpaired) electrons. The van der Waals surface area contributed by atoms with Gasteiger partial charge >= 0.3 is 11.9 Å². The first-order chi connectivity index (χ1) is 16.5. The standard InChI is InChI=1S/C25H25Br2NO5S2/c1-25(2,3)32-22(29)10-9-19(11-16-7-5-4-6-8-16)28(23(30)20-12-17(26)14-34-20)33-24(31)21-13-18(27)15-35-21/h4-8,12-15,19H,9-11H2,1-3H3. The second-order valence-electron chi connectivity index (χ2n) is 8.74. The van der Waals surface area contributed by atoms with Gasteiger partial charge in [0.2, 0.25) is 0 Å². The van der Waals surface area contributed by atoms with Crippen LogP contribution in [0.15, 0.2) is 62.2 Å². The lowest BCUT2D eigenvalue weighted by atomic mass is 10.0. The quantitative estimate of drug-likeness (QED) is 0.191. The smallest absolute Gasteiger partial charge is 0.373 e. The molecule has 0 fully saturated rings. The maximum absolute atomic E-state index is 13.6. The highest BCUT2D eigenvalue weighted by Crippen LogP contribution is 2.27. The minimum absolute atomic E-state index is 0.0643. The zero-order chi connectivity index (χ0) is 25.6. The van der Waals surface area contributed by atoms with Crippen LogP contribution in [0.5, 0.6) is 0 Å². The fraction of sp³-hybridized carbons (Fsp3) is 0.320. The molecule has 0 spiro atoms. The third kappa shape index (κ3) is 8.56. The molecule has 0 saturated heterocycles. The van der Waals surface area contributed by atoms with E-state index >= 15 is 0 Å². The summed E-state index contributed by atoms with van der Waals surface area (Å²) in [5.41, 5.74) is 0.325. The van der Waals surface area contributed by atoms with Gasteiger partial charge in [0.1, 0.15) is 10.5 Å². The molecule has 10 heteroatoms. The molecule has 1 atom stereocenters. The Labute approximate surface area is 229 Å². The van der Waals surface area contributed by atoms with Crippen molar-refractivity contribution in [2.45, 2.75) is 51.7 Å². The third-order valence-electron chi connectivity index (χ3n) is 4.68. The largest absolute Gasteiger partial charge is 0.460 e. The second-order valence-corrected chi connectivity index (χ2v) is 12.4. The van der Waals surface area contributed by atoms with E-state index in [1.165, 1.54) is 22.7 Å². The third-order valence-corrected chi connectivity index (χ3v) is 8.03. The van der Waals surface area contributed by atoms with Crippen LogP contribution in [0.1, 0.15) is 58.5 Å². The fourth-order valence-corrected chi connectivity index (χ4v) is 5.89. The number of benzene rings is 1. The highest BCUT2D eigenvalue weighted by atomic mass is 79.9. The average molecular weight is 643 g/mol. The zero-order valence-corrected chi connectivity index (χ0v) is 24.3. The predicted molar refractivity (Wildman–Crippen MR) is 145 cm³/mol. The molecule has 3 rings (SSSR count). The number of esters is 1. The maximum atomic E-state index is 13.6. The summed E-state index contributed by atoms with van der Waals surface area (Å²) in [6.45, 7) is 5.41.